The van der Waals surface area contributed by atoms with Gasteiger partial charge >= 0.3 is 0 Å². The van der Waals surface area contributed by atoms with Crippen LogP contribution in [-0.2, 0) is 0 Å². The first-order chi connectivity index (χ1) is 8.54. The predicted molar refractivity (Wildman–Crippen MR) is 75.2 cm³/mol. The average Bonchev–Trinajstić information content (AvgIpc) is 2.34. The van der Waals surface area contributed by atoms with Gasteiger partial charge in [-0.3, -0.25) is 4.79 Å². The maximum atomic E-state index is 11.9. The van der Waals surface area contributed by atoms with E-state index >= 15 is 0 Å². The number of anilines is 1. The van der Waals surface area contributed by atoms with Crippen molar-refractivity contribution in [2.75, 3.05) is 18.9 Å². The topological polar surface area (TPSA) is 54.0 Å². The SMILES string of the molecule is CNc1ccc(Cl)c(C(=O)NCCCC(C)C)n1. The Morgan fingerprint density at radius 2 is 2.17 bits per heavy atom. The van der Waals surface area contributed by atoms with Crippen molar-refractivity contribution in [2.45, 2.75) is 26.7 Å². The zero-order valence-electron chi connectivity index (χ0n) is 11.1. The molecule has 0 atom stereocenters. The summed E-state index contributed by atoms with van der Waals surface area (Å²) in [7, 11) is 1.75. The summed E-state index contributed by atoms with van der Waals surface area (Å²) < 4.78 is 0. The van der Waals surface area contributed by atoms with Crippen LogP contribution in [0.1, 0.15) is 37.2 Å². The van der Waals surface area contributed by atoms with E-state index in [2.05, 4.69) is 29.5 Å². The lowest BCUT2D eigenvalue weighted by atomic mass is 10.1. The van der Waals surface area contributed by atoms with E-state index in [1.54, 1.807) is 19.2 Å². The molecule has 100 valence electrons. The highest BCUT2D eigenvalue weighted by Crippen LogP contribution is 2.16. The molecule has 1 aromatic rings. The molecular formula is C13H20ClN3O. The van der Waals surface area contributed by atoms with Crippen molar-refractivity contribution < 1.29 is 4.79 Å². The molecule has 0 bridgehead atoms. The average molecular weight is 270 g/mol. The van der Waals surface area contributed by atoms with Crippen LogP contribution in [0.15, 0.2) is 12.1 Å². The summed E-state index contributed by atoms with van der Waals surface area (Å²) in [5.74, 6) is 1.06. The molecule has 0 fully saturated rings. The molecule has 0 aliphatic carbocycles. The number of rotatable bonds is 6. The van der Waals surface area contributed by atoms with Gasteiger partial charge in [-0.1, -0.05) is 25.4 Å². The van der Waals surface area contributed by atoms with Crippen LogP contribution in [0.5, 0.6) is 0 Å². The van der Waals surface area contributed by atoms with Crippen molar-refractivity contribution in [3.63, 3.8) is 0 Å². The van der Waals surface area contributed by atoms with E-state index in [1.165, 1.54) is 0 Å². The number of carbonyl (C=O) groups is 1. The van der Waals surface area contributed by atoms with Gasteiger partial charge in [0.25, 0.3) is 5.91 Å². The number of hydrogen-bond acceptors (Lipinski definition) is 3. The monoisotopic (exact) mass is 269 g/mol. The minimum Gasteiger partial charge on any atom is -0.373 e. The molecule has 2 N–H and O–H groups in total. The minimum atomic E-state index is -0.221. The second-order valence-corrected chi connectivity index (χ2v) is 4.98. The van der Waals surface area contributed by atoms with Gasteiger partial charge < -0.3 is 10.6 Å². The van der Waals surface area contributed by atoms with E-state index in [9.17, 15) is 4.79 Å². The number of hydrogen-bond donors (Lipinski definition) is 2. The van der Waals surface area contributed by atoms with Crippen LogP contribution >= 0.6 is 11.6 Å². The normalized spacial score (nSPS) is 10.5. The first-order valence-electron chi connectivity index (χ1n) is 6.17. The molecule has 0 aliphatic rings. The molecule has 0 unspecified atom stereocenters. The molecule has 4 nitrogen and oxygen atoms in total. The molecule has 18 heavy (non-hydrogen) atoms. The number of amides is 1. The molecule has 0 saturated heterocycles. The fraction of sp³-hybridized carbons (Fsp3) is 0.538. The zero-order chi connectivity index (χ0) is 13.5. The van der Waals surface area contributed by atoms with Crippen molar-refractivity contribution in [2.24, 2.45) is 5.92 Å². The highest BCUT2D eigenvalue weighted by molar-refractivity contribution is 6.33. The lowest BCUT2D eigenvalue weighted by Gasteiger charge is -2.08. The summed E-state index contributed by atoms with van der Waals surface area (Å²) in [4.78, 5) is 16.0. The van der Waals surface area contributed by atoms with Gasteiger partial charge in [-0.2, -0.15) is 0 Å². The summed E-state index contributed by atoms with van der Waals surface area (Å²) in [5, 5.41) is 6.09. The number of carbonyl (C=O) groups excluding carboxylic acids is 1. The van der Waals surface area contributed by atoms with Crippen molar-refractivity contribution >= 4 is 23.3 Å². The third-order valence-electron chi connectivity index (χ3n) is 2.56. The molecule has 0 aliphatic heterocycles. The van der Waals surface area contributed by atoms with Gasteiger partial charge in [-0.15, -0.1) is 0 Å². The summed E-state index contributed by atoms with van der Waals surface area (Å²) in [6.07, 6.45) is 2.06. The van der Waals surface area contributed by atoms with Crippen molar-refractivity contribution in [3.05, 3.63) is 22.8 Å². The van der Waals surface area contributed by atoms with E-state index in [0.717, 1.165) is 12.8 Å². The Bertz CT molecular complexity index is 407. The van der Waals surface area contributed by atoms with E-state index in [1.807, 2.05) is 0 Å². The minimum absolute atomic E-state index is 0.221. The molecule has 1 aromatic heterocycles. The third-order valence-corrected chi connectivity index (χ3v) is 2.87. The Labute approximate surface area is 113 Å². The number of aromatic nitrogens is 1. The van der Waals surface area contributed by atoms with E-state index in [4.69, 9.17) is 11.6 Å². The fourth-order valence-electron chi connectivity index (χ4n) is 1.54. The summed E-state index contributed by atoms with van der Waals surface area (Å²) in [6.45, 7) is 4.98. The van der Waals surface area contributed by atoms with Crippen molar-refractivity contribution in [3.8, 4) is 0 Å². The smallest absolute Gasteiger partial charge is 0.271 e. The maximum absolute atomic E-state index is 11.9. The fourth-order valence-corrected chi connectivity index (χ4v) is 1.73. The number of nitrogens with one attached hydrogen (secondary N) is 2. The van der Waals surface area contributed by atoms with E-state index in [-0.39, 0.29) is 11.6 Å². The molecular weight excluding hydrogens is 250 g/mol. The Kier molecular flexibility index (Phi) is 5.92. The summed E-state index contributed by atoms with van der Waals surface area (Å²) >= 11 is 5.96. The summed E-state index contributed by atoms with van der Waals surface area (Å²) in [6, 6.07) is 3.40. The lowest BCUT2D eigenvalue weighted by Crippen LogP contribution is -2.26. The second-order valence-electron chi connectivity index (χ2n) is 4.57. The van der Waals surface area contributed by atoms with Crippen LogP contribution < -0.4 is 10.6 Å². The Morgan fingerprint density at radius 1 is 1.44 bits per heavy atom. The molecule has 0 saturated carbocycles. The van der Waals surface area contributed by atoms with Crippen LogP contribution in [0.2, 0.25) is 5.02 Å². The molecule has 0 radical (unpaired) electrons. The molecule has 0 aromatic carbocycles. The molecule has 1 amide bonds. The van der Waals surface area contributed by atoms with E-state index < -0.39 is 0 Å². The van der Waals surface area contributed by atoms with Crippen LogP contribution in [0.25, 0.3) is 0 Å². The van der Waals surface area contributed by atoms with Gasteiger partial charge in [0.2, 0.25) is 0 Å². The summed E-state index contributed by atoms with van der Waals surface area (Å²) in [5.41, 5.74) is 0.271. The van der Waals surface area contributed by atoms with E-state index in [0.29, 0.717) is 23.3 Å². The zero-order valence-corrected chi connectivity index (χ0v) is 11.8. The maximum Gasteiger partial charge on any atom is 0.271 e. The van der Waals surface area contributed by atoms with Gasteiger partial charge in [0.15, 0.2) is 0 Å². The standard InChI is InChI=1S/C13H20ClN3O/c1-9(2)5-4-8-16-13(18)12-10(14)6-7-11(15-3)17-12/h6-7,9H,4-5,8H2,1-3H3,(H,15,17)(H,16,18). The van der Waals surface area contributed by atoms with Gasteiger partial charge in [0.05, 0.1) is 5.02 Å². The van der Waals surface area contributed by atoms with Gasteiger partial charge in [0.1, 0.15) is 11.5 Å². The molecule has 1 rings (SSSR count). The number of nitrogens with zero attached hydrogens (tertiary/aromatic N) is 1. The predicted octanol–water partition coefficient (Wildman–Crippen LogP) is 2.94. The van der Waals surface area contributed by atoms with Crippen molar-refractivity contribution in [1.29, 1.82) is 0 Å². The highest BCUT2D eigenvalue weighted by Gasteiger charge is 2.12. The Morgan fingerprint density at radius 3 is 2.78 bits per heavy atom. The molecule has 5 heteroatoms. The lowest BCUT2D eigenvalue weighted by molar-refractivity contribution is 0.0948. The van der Waals surface area contributed by atoms with Gasteiger partial charge in [-0.25, -0.2) is 4.98 Å². The van der Waals surface area contributed by atoms with Gasteiger partial charge in [-0.05, 0) is 30.9 Å². The first kappa shape index (κ1) is 14.8. The van der Waals surface area contributed by atoms with Crippen LogP contribution in [-0.4, -0.2) is 24.5 Å². The van der Waals surface area contributed by atoms with Crippen molar-refractivity contribution in [1.82, 2.24) is 10.3 Å². The first-order valence-corrected chi connectivity index (χ1v) is 6.55. The van der Waals surface area contributed by atoms with Crippen LogP contribution in [0.3, 0.4) is 0 Å². The quantitative estimate of drug-likeness (QED) is 0.781. The Hall–Kier alpha value is -1.29. The van der Waals surface area contributed by atoms with Gasteiger partial charge in [0, 0.05) is 13.6 Å². The molecule has 0 spiro atoms. The second kappa shape index (κ2) is 7.21. The number of pyridine rings is 1. The highest BCUT2D eigenvalue weighted by atomic mass is 35.5. The third kappa shape index (κ3) is 4.53. The number of halogens is 1. The molecule has 1 heterocycles. The largest absolute Gasteiger partial charge is 0.373 e. The van der Waals surface area contributed by atoms with Crippen LogP contribution in [0, 0.1) is 5.92 Å². The van der Waals surface area contributed by atoms with Crippen LogP contribution in [0.4, 0.5) is 5.82 Å². The Balaban J connectivity index is 2.55.